The minimum atomic E-state index is -0.363. The highest BCUT2D eigenvalue weighted by Gasteiger charge is 2.28. The fourth-order valence-corrected chi connectivity index (χ4v) is 5.40. The Morgan fingerprint density at radius 3 is 2.08 bits per heavy atom. The minimum absolute atomic E-state index is 0.0301. The summed E-state index contributed by atoms with van der Waals surface area (Å²) >= 11 is 0. The molecule has 0 aromatic heterocycles. The van der Waals surface area contributed by atoms with Crippen molar-refractivity contribution in [2.45, 2.75) is 84.5 Å². The monoisotopic (exact) mass is 497 g/mol. The number of benzene rings is 3. The predicted octanol–water partition coefficient (Wildman–Crippen LogP) is 9.10. The molecule has 37 heavy (non-hydrogen) atoms. The highest BCUT2D eigenvalue weighted by atomic mass is 19.1. The van der Waals surface area contributed by atoms with Crippen molar-refractivity contribution in [3.63, 3.8) is 0 Å². The van der Waals surface area contributed by atoms with E-state index in [1.807, 2.05) is 37.3 Å². The van der Waals surface area contributed by atoms with Crippen molar-refractivity contribution in [3.05, 3.63) is 111 Å². The second-order valence-corrected chi connectivity index (χ2v) is 12.6. The summed E-state index contributed by atoms with van der Waals surface area (Å²) in [4.78, 5) is 4.14. The fraction of sp³-hybridized carbons (Fsp3) is 0.382. The van der Waals surface area contributed by atoms with Gasteiger partial charge in [-0.15, -0.1) is 0 Å². The number of aromatic hydroxyl groups is 1. The first-order valence-corrected chi connectivity index (χ1v) is 13.2. The van der Waals surface area contributed by atoms with Crippen LogP contribution in [0.5, 0.6) is 5.75 Å². The summed E-state index contributed by atoms with van der Waals surface area (Å²) in [5, 5.41) is 10.5. The van der Waals surface area contributed by atoms with E-state index in [1.165, 1.54) is 16.7 Å². The number of nitrogens with zero attached hydrogens (tertiary/aromatic N) is 1. The third kappa shape index (κ3) is 5.87. The fourth-order valence-electron chi connectivity index (χ4n) is 5.40. The Morgan fingerprint density at radius 1 is 0.865 bits per heavy atom. The average molecular weight is 498 g/mol. The third-order valence-electron chi connectivity index (χ3n) is 7.35. The first kappa shape index (κ1) is 26.9. The van der Waals surface area contributed by atoms with E-state index >= 15 is 0 Å². The van der Waals surface area contributed by atoms with E-state index in [9.17, 15) is 9.50 Å². The molecule has 2 nitrogen and oxygen atoms in total. The molecule has 1 aliphatic heterocycles. The van der Waals surface area contributed by atoms with Gasteiger partial charge in [-0.2, -0.15) is 4.39 Å². The molecule has 3 aromatic rings. The molecule has 0 fully saturated rings. The van der Waals surface area contributed by atoms with Crippen molar-refractivity contribution in [3.8, 4) is 5.75 Å². The Hall–Kier alpha value is -3.20. The molecule has 0 amide bonds. The molecule has 0 saturated carbocycles. The number of hydrogen-bond acceptors (Lipinski definition) is 2. The zero-order valence-corrected chi connectivity index (χ0v) is 23.5. The van der Waals surface area contributed by atoms with Crippen LogP contribution in [0.3, 0.4) is 0 Å². The van der Waals surface area contributed by atoms with Crippen LogP contribution < -0.4 is 0 Å². The first-order valence-electron chi connectivity index (χ1n) is 13.2. The summed E-state index contributed by atoms with van der Waals surface area (Å²) in [6, 6.07) is 20.8. The van der Waals surface area contributed by atoms with Gasteiger partial charge in [0.15, 0.2) is 5.97 Å². The summed E-state index contributed by atoms with van der Waals surface area (Å²) in [6.45, 7) is 17.5. The lowest BCUT2D eigenvalue weighted by Crippen LogP contribution is -2.19. The van der Waals surface area contributed by atoms with Gasteiger partial charge >= 0.3 is 0 Å². The quantitative estimate of drug-likeness (QED) is 0.360. The van der Waals surface area contributed by atoms with E-state index in [4.69, 9.17) is 0 Å². The zero-order valence-electron chi connectivity index (χ0n) is 23.5. The molecular formula is C34H40FNO. The Balaban J connectivity index is 2.07. The molecule has 0 saturated heterocycles. The zero-order chi connectivity index (χ0) is 27.1. The molecule has 0 spiro atoms. The molecule has 2 atom stereocenters. The van der Waals surface area contributed by atoms with Gasteiger partial charge in [0.05, 0.1) is 0 Å². The third-order valence-corrected chi connectivity index (χ3v) is 7.35. The maximum absolute atomic E-state index is 14.8. The van der Waals surface area contributed by atoms with Crippen LogP contribution >= 0.6 is 0 Å². The molecule has 1 aliphatic rings. The Labute approximate surface area is 222 Å². The van der Waals surface area contributed by atoms with Crippen LogP contribution in [-0.2, 0) is 17.3 Å². The maximum Gasteiger partial charge on any atom is 0.193 e. The van der Waals surface area contributed by atoms with Crippen LogP contribution in [0.15, 0.2) is 77.4 Å². The van der Waals surface area contributed by atoms with Crippen LogP contribution in [0.25, 0.3) is 0 Å². The number of phenolic OH excluding ortho intramolecular Hbond substituents is 1. The predicted molar refractivity (Wildman–Crippen MR) is 154 cm³/mol. The molecule has 0 bridgehead atoms. The Morgan fingerprint density at radius 2 is 1.49 bits per heavy atom. The second kappa shape index (κ2) is 9.93. The molecule has 0 radical (unpaired) electrons. The molecule has 4 rings (SSSR count). The molecule has 194 valence electrons. The van der Waals surface area contributed by atoms with Crippen LogP contribution in [0, 0.1) is 0 Å². The standard InChI is InChI=1S/C34H40FNO/c1-21-15-22(2)36-30(35)19-24-12-10-14-29(31(21)24)32(23-11-9-13-28(37)18-23)25-16-26(33(3,4)5)20-27(17-25)34(6,7)8/h9-18,20-21,32,37H,19H2,1-8H3/b22-15-,36-30?. The number of rotatable bonds is 3. The van der Waals surface area contributed by atoms with Gasteiger partial charge in [-0.1, -0.05) is 103 Å². The number of phenols is 1. The number of halogens is 1. The first-order chi connectivity index (χ1) is 17.2. The molecular weight excluding hydrogens is 457 g/mol. The number of fused-ring (bicyclic) bond motifs is 1. The van der Waals surface area contributed by atoms with Gasteiger partial charge in [0.25, 0.3) is 0 Å². The van der Waals surface area contributed by atoms with E-state index in [0.29, 0.717) is 5.70 Å². The number of aliphatic imine (C=N–C) groups is 1. The lowest BCUT2D eigenvalue weighted by atomic mass is 9.74. The van der Waals surface area contributed by atoms with E-state index in [1.54, 1.807) is 6.07 Å². The summed E-state index contributed by atoms with van der Waals surface area (Å²) < 4.78 is 14.8. The van der Waals surface area contributed by atoms with Crippen LogP contribution in [0.4, 0.5) is 4.39 Å². The van der Waals surface area contributed by atoms with Crippen molar-refractivity contribution < 1.29 is 9.50 Å². The van der Waals surface area contributed by atoms with Crippen LogP contribution in [0.1, 0.15) is 106 Å². The smallest absolute Gasteiger partial charge is 0.193 e. The van der Waals surface area contributed by atoms with E-state index < -0.39 is 0 Å². The highest BCUT2D eigenvalue weighted by Crippen LogP contribution is 2.42. The molecule has 0 aliphatic carbocycles. The number of hydrogen-bond donors (Lipinski definition) is 1. The summed E-state index contributed by atoms with van der Waals surface area (Å²) in [7, 11) is 0. The Kier molecular flexibility index (Phi) is 7.21. The van der Waals surface area contributed by atoms with Gasteiger partial charge in [-0.3, -0.25) is 0 Å². The topological polar surface area (TPSA) is 32.6 Å². The van der Waals surface area contributed by atoms with Gasteiger partial charge in [-0.05, 0) is 68.8 Å². The SMILES string of the molecule is C/C1=C/C(C)c2c(cccc2C(c2cccc(O)c2)c2cc(C(C)(C)C)cc(C(C)(C)C)c2)CC(F)=N1. The Bertz CT molecular complexity index is 1340. The molecule has 1 heterocycles. The molecule has 1 N–H and O–H groups in total. The van der Waals surface area contributed by atoms with E-state index in [2.05, 4.69) is 83.8 Å². The molecule has 3 heteroatoms. The van der Waals surface area contributed by atoms with E-state index in [0.717, 1.165) is 22.3 Å². The van der Waals surface area contributed by atoms with Crippen LogP contribution in [-0.4, -0.2) is 11.1 Å². The van der Waals surface area contributed by atoms with Gasteiger partial charge < -0.3 is 5.11 Å². The van der Waals surface area contributed by atoms with Crippen molar-refractivity contribution in [2.75, 3.05) is 0 Å². The maximum atomic E-state index is 14.8. The van der Waals surface area contributed by atoms with E-state index in [-0.39, 0.29) is 40.8 Å². The molecule has 2 unspecified atom stereocenters. The van der Waals surface area contributed by atoms with Crippen LogP contribution in [0.2, 0.25) is 0 Å². The van der Waals surface area contributed by atoms with Crippen molar-refractivity contribution in [1.29, 1.82) is 0 Å². The average Bonchev–Trinajstić information content (AvgIpc) is 2.77. The number of allylic oxidation sites excluding steroid dienone is 2. The largest absolute Gasteiger partial charge is 0.508 e. The molecule has 3 aromatic carbocycles. The van der Waals surface area contributed by atoms with Gasteiger partial charge in [0, 0.05) is 24.0 Å². The minimum Gasteiger partial charge on any atom is -0.508 e. The normalized spacial score (nSPS) is 18.7. The lowest BCUT2D eigenvalue weighted by Gasteiger charge is -2.31. The highest BCUT2D eigenvalue weighted by molar-refractivity contribution is 5.79. The van der Waals surface area contributed by atoms with Gasteiger partial charge in [-0.25, -0.2) is 4.99 Å². The summed E-state index contributed by atoms with van der Waals surface area (Å²) in [6.07, 6.45) is 2.23. The second-order valence-electron chi connectivity index (χ2n) is 12.6. The van der Waals surface area contributed by atoms with Crippen molar-refractivity contribution in [2.24, 2.45) is 4.99 Å². The van der Waals surface area contributed by atoms with Crippen molar-refractivity contribution >= 4 is 5.97 Å². The summed E-state index contributed by atoms with van der Waals surface area (Å²) in [5.41, 5.74) is 8.63. The van der Waals surface area contributed by atoms with Gasteiger partial charge in [0.2, 0.25) is 0 Å². The van der Waals surface area contributed by atoms with Gasteiger partial charge in [0.1, 0.15) is 5.75 Å². The summed E-state index contributed by atoms with van der Waals surface area (Å²) in [5.74, 6) is -0.180. The lowest BCUT2D eigenvalue weighted by molar-refractivity contribution is 0.474. The van der Waals surface area contributed by atoms with Crippen molar-refractivity contribution in [1.82, 2.24) is 0 Å².